The highest BCUT2D eigenvalue weighted by molar-refractivity contribution is 5.94. The van der Waals surface area contributed by atoms with Crippen molar-refractivity contribution in [3.05, 3.63) is 29.8 Å². The number of benzene rings is 1. The molecule has 0 saturated carbocycles. The van der Waals surface area contributed by atoms with Crippen LogP contribution in [0, 0.1) is 5.92 Å². The molecule has 0 fully saturated rings. The molecule has 2 amide bonds. The molecule has 0 radical (unpaired) electrons. The molecule has 1 atom stereocenters. The van der Waals surface area contributed by atoms with E-state index in [4.69, 9.17) is 0 Å². The lowest BCUT2D eigenvalue weighted by atomic mass is 10.1. The summed E-state index contributed by atoms with van der Waals surface area (Å²) in [5.74, 6) is 0.154. The van der Waals surface area contributed by atoms with Gasteiger partial charge in [-0.15, -0.1) is 0 Å². The van der Waals surface area contributed by atoms with Crippen LogP contribution in [0.5, 0.6) is 0 Å². The number of aliphatic hydroxyl groups excluding tert-OH is 1. The van der Waals surface area contributed by atoms with Crippen molar-refractivity contribution < 1.29 is 14.7 Å². The van der Waals surface area contributed by atoms with E-state index in [1.165, 1.54) is 0 Å². The highest BCUT2D eigenvalue weighted by Crippen LogP contribution is 2.09. The monoisotopic (exact) mass is 264 g/mol. The van der Waals surface area contributed by atoms with Crippen molar-refractivity contribution in [1.29, 1.82) is 0 Å². The number of hydrogen-bond donors (Lipinski definition) is 3. The highest BCUT2D eigenvalue weighted by atomic mass is 16.3. The maximum atomic E-state index is 11.8. The van der Waals surface area contributed by atoms with Gasteiger partial charge in [-0.2, -0.15) is 0 Å². The second-order valence-electron chi connectivity index (χ2n) is 4.83. The summed E-state index contributed by atoms with van der Waals surface area (Å²) in [7, 11) is 0. The van der Waals surface area contributed by atoms with Gasteiger partial charge in [0, 0.05) is 17.8 Å². The minimum Gasteiger partial charge on any atom is -0.391 e. The Bertz CT molecular complexity index is 415. The number of carbonyl (C=O) groups excluding carboxylic acids is 2. The summed E-state index contributed by atoms with van der Waals surface area (Å²) in [5, 5.41) is 14.8. The summed E-state index contributed by atoms with van der Waals surface area (Å²) < 4.78 is 0. The summed E-state index contributed by atoms with van der Waals surface area (Å²) in [6.07, 6.45) is 0.708. The third kappa shape index (κ3) is 5.52. The van der Waals surface area contributed by atoms with Gasteiger partial charge in [0.1, 0.15) is 0 Å². The molecular weight excluding hydrogens is 244 g/mol. The second-order valence-corrected chi connectivity index (χ2v) is 4.83. The van der Waals surface area contributed by atoms with Gasteiger partial charge in [-0.05, 0) is 36.6 Å². The number of rotatable bonds is 7. The first-order valence-corrected chi connectivity index (χ1v) is 6.29. The van der Waals surface area contributed by atoms with Crippen LogP contribution >= 0.6 is 0 Å². The lowest BCUT2D eigenvalue weighted by Gasteiger charge is -2.13. The summed E-state index contributed by atoms with van der Waals surface area (Å²) in [5.41, 5.74) is 1.12. The van der Waals surface area contributed by atoms with E-state index < -0.39 is 6.10 Å². The fourth-order valence-corrected chi connectivity index (χ4v) is 1.73. The number of nitrogens with one attached hydrogen (secondary N) is 2. The Morgan fingerprint density at radius 3 is 2.47 bits per heavy atom. The fourth-order valence-electron chi connectivity index (χ4n) is 1.73. The van der Waals surface area contributed by atoms with Crippen molar-refractivity contribution in [2.45, 2.75) is 26.4 Å². The molecule has 0 spiro atoms. The molecule has 0 aliphatic carbocycles. The van der Waals surface area contributed by atoms with Gasteiger partial charge in [0.15, 0.2) is 0 Å². The van der Waals surface area contributed by atoms with Gasteiger partial charge in [-0.1, -0.05) is 13.8 Å². The zero-order chi connectivity index (χ0) is 14.3. The van der Waals surface area contributed by atoms with E-state index in [9.17, 15) is 14.7 Å². The number of amides is 2. The van der Waals surface area contributed by atoms with Gasteiger partial charge in [-0.3, -0.25) is 9.59 Å². The molecular formula is C14H20N2O3. The van der Waals surface area contributed by atoms with Crippen LogP contribution in [0.25, 0.3) is 0 Å². The standard InChI is InChI=1S/C14H20N2O3/c1-10(2)7-13(18)8-15-14(19)11-3-5-12(6-4-11)16-9-17/h3-6,9-10,13,18H,7-8H2,1-2H3,(H,15,19)(H,16,17). The van der Waals surface area contributed by atoms with Crippen molar-refractivity contribution >= 4 is 18.0 Å². The smallest absolute Gasteiger partial charge is 0.251 e. The van der Waals surface area contributed by atoms with E-state index >= 15 is 0 Å². The molecule has 0 aliphatic rings. The Kier molecular flexibility index (Phi) is 6.02. The number of anilines is 1. The normalized spacial score (nSPS) is 12.0. The van der Waals surface area contributed by atoms with Crippen molar-refractivity contribution in [2.75, 3.05) is 11.9 Å². The number of hydrogen-bond acceptors (Lipinski definition) is 3. The van der Waals surface area contributed by atoms with Crippen LogP contribution in [0.2, 0.25) is 0 Å². The van der Waals surface area contributed by atoms with E-state index in [1.54, 1.807) is 24.3 Å². The van der Waals surface area contributed by atoms with Crippen LogP contribution in [0.4, 0.5) is 5.69 Å². The van der Waals surface area contributed by atoms with Crippen LogP contribution in [0.1, 0.15) is 30.6 Å². The van der Waals surface area contributed by atoms with E-state index in [1.807, 2.05) is 13.8 Å². The van der Waals surface area contributed by atoms with Crippen LogP contribution in [-0.2, 0) is 4.79 Å². The molecule has 104 valence electrons. The summed E-state index contributed by atoms with van der Waals surface area (Å²) >= 11 is 0. The maximum absolute atomic E-state index is 11.8. The average molecular weight is 264 g/mol. The lowest BCUT2D eigenvalue weighted by molar-refractivity contribution is -0.105. The zero-order valence-corrected chi connectivity index (χ0v) is 11.2. The van der Waals surface area contributed by atoms with Crippen LogP contribution < -0.4 is 10.6 Å². The largest absolute Gasteiger partial charge is 0.391 e. The first-order chi connectivity index (χ1) is 9.02. The van der Waals surface area contributed by atoms with Crippen molar-refractivity contribution in [1.82, 2.24) is 5.32 Å². The lowest BCUT2D eigenvalue weighted by Crippen LogP contribution is -2.32. The topological polar surface area (TPSA) is 78.4 Å². The van der Waals surface area contributed by atoms with Gasteiger partial charge in [-0.25, -0.2) is 0 Å². The summed E-state index contributed by atoms with van der Waals surface area (Å²) in [6, 6.07) is 6.54. The fraction of sp³-hybridized carbons (Fsp3) is 0.429. The van der Waals surface area contributed by atoms with Crippen LogP contribution in [0.3, 0.4) is 0 Å². The predicted molar refractivity (Wildman–Crippen MR) is 73.9 cm³/mol. The Morgan fingerprint density at radius 1 is 1.32 bits per heavy atom. The van der Waals surface area contributed by atoms with Crippen molar-refractivity contribution in [2.24, 2.45) is 5.92 Å². The Morgan fingerprint density at radius 2 is 1.95 bits per heavy atom. The SMILES string of the molecule is CC(C)CC(O)CNC(=O)c1ccc(NC=O)cc1. The molecule has 0 aromatic heterocycles. The Balaban J connectivity index is 2.47. The second kappa shape index (κ2) is 7.53. The van der Waals surface area contributed by atoms with Gasteiger partial charge >= 0.3 is 0 Å². The van der Waals surface area contributed by atoms with Gasteiger partial charge in [0.25, 0.3) is 5.91 Å². The van der Waals surface area contributed by atoms with Crippen LogP contribution in [0.15, 0.2) is 24.3 Å². The predicted octanol–water partition coefficient (Wildman–Crippen LogP) is 1.39. The van der Waals surface area contributed by atoms with E-state index in [-0.39, 0.29) is 12.5 Å². The molecule has 0 heterocycles. The Labute approximate surface area is 113 Å². The molecule has 19 heavy (non-hydrogen) atoms. The molecule has 3 N–H and O–H groups in total. The minimum absolute atomic E-state index is 0.236. The molecule has 1 unspecified atom stereocenters. The van der Waals surface area contributed by atoms with Crippen LogP contribution in [-0.4, -0.2) is 30.1 Å². The summed E-state index contributed by atoms with van der Waals surface area (Å²) in [6.45, 7) is 4.28. The molecule has 0 bridgehead atoms. The molecule has 0 saturated heterocycles. The first-order valence-electron chi connectivity index (χ1n) is 6.29. The van der Waals surface area contributed by atoms with Crippen molar-refractivity contribution in [3.63, 3.8) is 0 Å². The van der Waals surface area contributed by atoms with Gasteiger partial charge in [0.05, 0.1) is 6.10 Å². The minimum atomic E-state index is -0.528. The quantitative estimate of drug-likeness (QED) is 0.651. The van der Waals surface area contributed by atoms with E-state index in [2.05, 4.69) is 10.6 Å². The highest BCUT2D eigenvalue weighted by Gasteiger charge is 2.10. The molecule has 1 aromatic carbocycles. The first kappa shape index (κ1) is 15.2. The van der Waals surface area contributed by atoms with Crippen molar-refractivity contribution in [3.8, 4) is 0 Å². The van der Waals surface area contributed by atoms with E-state index in [0.29, 0.717) is 30.0 Å². The molecule has 0 aliphatic heterocycles. The average Bonchev–Trinajstić information content (AvgIpc) is 2.36. The number of aliphatic hydroxyl groups is 1. The van der Waals surface area contributed by atoms with Gasteiger partial charge in [0.2, 0.25) is 6.41 Å². The Hall–Kier alpha value is -1.88. The summed E-state index contributed by atoms with van der Waals surface area (Å²) in [4.78, 5) is 22.0. The maximum Gasteiger partial charge on any atom is 0.251 e. The molecule has 5 nitrogen and oxygen atoms in total. The van der Waals surface area contributed by atoms with Gasteiger partial charge < -0.3 is 15.7 Å². The number of carbonyl (C=O) groups is 2. The third-order valence-electron chi connectivity index (χ3n) is 2.61. The zero-order valence-electron chi connectivity index (χ0n) is 11.2. The third-order valence-corrected chi connectivity index (χ3v) is 2.61. The van der Waals surface area contributed by atoms with E-state index in [0.717, 1.165) is 0 Å². The molecule has 5 heteroatoms. The molecule has 1 aromatic rings. The molecule has 1 rings (SSSR count).